The molecule has 2 atom stereocenters. The van der Waals surface area contributed by atoms with Gasteiger partial charge in [0.15, 0.2) is 6.10 Å². The molecule has 0 fully saturated rings. The highest BCUT2D eigenvalue weighted by Crippen LogP contribution is 2.12. The number of esters is 2. The first kappa shape index (κ1) is 64.4. The zero-order valence-electron chi connectivity index (χ0n) is 43.9. The Balaban J connectivity index is 4.46. The van der Waals surface area contributed by atoms with Gasteiger partial charge in [0.05, 0.1) is 34.4 Å². The summed E-state index contributed by atoms with van der Waals surface area (Å²) in [6.07, 6.45) is 68.1. The van der Waals surface area contributed by atoms with E-state index in [0.717, 1.165) is 116 Å². The molecule has 0 aliphatic heterocycles. The first-order valence-electron chi connectivity index (χ1n) is 26.3. The van der Waals surface area contributed by atoms with Gasteiger partial charge in [-0.3, -0.25) is 9.59 Å². The lowest BCUT2D eigenvalue weighted by Crippen LogP contribution is -2.40. The van der Waals surface area contributed by atoms with Crippen molar-refractivity contribution in [1.82, 2.24) is 0 Å². The van der Waals surface area contributed by atoms with Gasteiger partial charge >= 0.3 is 17.9 Å². The molecule has 2 unspecified atom stereocenters. The summed E-state index contributed by atoms with van der Waals surface area (Å²) in [5, 5.41) is 9.68. The van der Waals surface area contributed by atoms with Crippen LogP contribution >= 0.6 is 0 Å². The van der Waals surface area contributed by atoms with E-state index in [1.165, 1.54) is 19.3 Å². The number of nitrogens with zero attached hydrogens (tertiary/aromatic N) is 1. The van der Waals surface area contributed by atoms with Gasteiger partial charge in [0.25, 0.3) is 6.29 Å². The molecule has 0 bridgehead atoms. The zero-order chi connectivity index (χ0) is 50.6. The van der Waals surface area contributed by atoms with E-state index in [1.807, 2.05) is 21.1 Å². The largest absolute Gasteiger partial charge is 0.477 e. The summed E-state index contributed by atoms with van der Waals surface area (Å²) in [4.78, 5) is 37.3. The Morgan fingerprint density at radius 2 is 0.783 bits per heavy atom. The van der Waals surface area contributed by atoms with Gasteiger partial charge in [-0.15, -0.1) is 0 Å². The van der Waals surface area contributed by atoms with E-state index in [1.54, 1.807) is 0 Å². The molecule has 1 N–H and O–H groups in total. The number of carboxylic acids is 1. The van der Waals surface area contributed by atoms with Gasteiger partial charge in [-0.05, 0) is 109 Å². The highest BCUT2D eigenvalue weighted by Gasteiger charge is 2.25. The monoisotopic (exact) mass is 959 g/mol. The molecule has 0 aliphatic carbocycles. The maximum atomic E-state index is 12.8. The van der Waals surface area contributed by atoms with Crippen LogP contribution in [0.1, 0.15) is 168 Å². The molecule has 0 aliphatic rings. The predicted octanol–water partition coefficient (Wildman–Crippen LogP) is 15.1. The van der Waals surface area contributed by atoms with Crippen molar-refractivity contribution in [2.45, 2.75) is 180 Å². The number of hydrogen-bond donors (Lipinski definition) is 1. The molecule has 0 aromatic rings. The molecule has 0 saturated heterocycles. The number of hydrogen-bond acceptors (Lipinski definition) is 7. The van der Waals surface area contributed by atoms with Gasteiger partial charge in [-0.25, -0.2) is 4.79 Å². The lowest BCUT2D eigenvalue weighted by Gasteiger charge is -2.25. The van der Waals surface area contributed by atoms with Gasteiger partial charge in [0, 0.05) is 12.8 Å². The lowest BCUT2D eigenvalue weighted by atomic mass is 10.1. The summed E-state index contributed by atoms with van der Waals surface area (Å²) >= 11 is 0. The third-order valence-electron chi connectivity index (χ3n) is 10.4. The number of aliphatic carboxylic acids is 1. The van der Waals surface area contributed by atoms with E-state index in [9.17, 15) is 19.5 Å². The third-order valence-corrected chi connectivity index (χ3v) is 10.4. The highest BCUT2D eigenvalue weighted by molar-refractivity contribution is 5.71. The number of likely N-dealkylation sites (N-methyl/N-ethyl adjacent to an activating group) is 1. The SMILES string of the molecule is CC/C=C\C/C=C\C/C=C\C/C=C\C/C=C\C/C=C\C/C=C\C/C=C\CCCCC(=O)OC(COC(=O)CCCCCCCCC/C=C\C/C=C\C/C=C\CC)COC(OCC[N+](C)(C)C)C(=O)O. The first-order chi connectivity index (χ1) is 33.6. The number of carboxylic acid groups (broad SMARTS) is 1. The fraction of sp³-hybridized carbons (Fsp3) is 0.583. The fourth-order valence-electron chi connectivity index (χ4n) is 6.39. The molecule has 0 rings (SSSR count). The van der Waals surface area contributed by atoms with Gasteiger partial charge in [0.2, 0.25) is 0 Å². The van der Waals surface area contributed by atoms with E-state index in [2.05, 4.69) is 148 Å². The molecular formula is C60H96NO8+. The molecule has 69 heavy (non-hydrogen) atoms. The van der Waals surface area contributed by atoms with Crippen LogP contribution in [0, 0.1) is 0 Å². The van der Waals surface area contributed by atoms with Crippen molar-refractivity contribution in [3.63, 3.8) is 0 Å². The van der Waals surface area contributed by atoms with Crippen LogP contribution in [0.3, 0.4) is 0 Å². The van der Waals surface area contributed by atoms with Crippen LogP contribution in [0.15, 0.2) is 134 Å². The van der Waals surface area contributed by atoms with Gasteiger partial charge in [0.1, 0.15) is 13.2 Å². The minimum Gasteiger partial charge on any atom is -0.477 e. The van der Waals surface area contributed by atoms with Crippen molar-refractivity contribution in [1.29, 1.82) is 0 Å². The predicted molar refractivity (Wildman–Crippen MR) is 290 cm³/mol. The average molecular weight is 959 g/mol. The number of rotatable bonds is 46. The van der Waals surface area contributed by atoms with E-state index >= 15 is 0 Å². The van der Waals surface area contributed by atoms with Crippen LogP contribution < -0.4 is 0 Å². The molecule has 0 saturated carbocycles. The van der Waals surface area contributed by atoms with E-state index in [4.69, 9.17) is 18.9 Å². The molecule has 9 nitrogen and oxygen atoms in total. The second-order valence-electron chi connectivity index (χ2n) is 18.1. The van der Waals surface area contributed by atoms with E-state index < -0.39 is 24.3 Å². The van der Waals surface area contributed by atoms with Gasteiger partial charge in [-0.2, -0.15) is 0 Å². The summed E-state index contributed by atoms with van der Waals surface area (Å²) in [5.41, 5.74) is 0. The molecule has 0 amide bonds. The van der Waals surface area contributed by atoms with Crippen LogP contribution in [0.5, 0.6) is 0 Å². The van der Waals surface area contributed by atoms with Gasteiger partial charge in [-0.1, -0.05) is 180 Å². The smallest absolute Gasteiger partial charge is 0.361 e. The molecular weight excluding hydrogens is 863 g/mol. The van der Waals surface area contributed by atoms with Gasteiger partial charge < -0.3 is 28.5 Å². The molecule has 0 heterocycles. The second-order valence-corrected chi connectivity index (χ2v) is 18.1. The Labute approximate surface area is 420 Å². The highest BCUT2D eigenvalue weighted by atomic mass is 16.7. The van der Waals surface area contributed by atoms with Crippen molar-refractivity contribution >= 4 is 17.9 Å². The number of carbonyl (C=O) groups is 3. The Bertz CT molecular complexity index is 1590. The van der Waals surface area contributed by atoms with E-state index in [-0.39, 0.29) is 38.6 Å². The fourth-order valence-corrected chi connectivity index (χ4v) is 6.39. The minimum absolute atomic E-state index is 0.169. The second kappa shape index (κ2) is 49.8. The molecule has 0 aromatic heterocycles. The molecule has 9 heteroatoms. The van der Waals surface area contributed by atoms with Crippen LogP contribution in [0.4, 0.5) is 0 Å². The van der Waals surface area contributed by atoms with Crippen LogP contribution in [0.2, 0.25) is 0 Å². The summed E-state index contributed by atoms with van der Waals surface area (Å²) in [6.45, 7) is 4.55. The maximum absolute atomic E-state index is 12.8. The van der Waals surface area contributed by atoms with Crippen molar-refractivity contribution < 1.29 is 42.9 Å². The quantitative estimate of drug-likeness (QED) is 0.0211. The number of unbranched alkanes of at least 4 members (excludes halogenated alkanes) is 9. The molecule has 0 aromatic carbocycles. The van der Waals surface area contributed by atoms with Crippen molar-refractivity contribution in [2.75, 3.05) is 47.5 Å². The van der Waals surface area contributed by atoms with Crippen LogP contribution in [-0.2, 0) is 33.3 Å². The maximum Gasteiger partial charge on any atom is 0.361 e. The Hall–Kier alpha value is -4.57. The van der Waals surface area contributed by atoms with Crippen LogP contribution in [0.25, 0.3) is 0 Å². The summed E-state index contributed by atoms with van der Waals surface area (Å²) in [5.74, 6) is -2.10. The third kappa shape index (κ3) is 51.1. The normalized spacial score (nSPS) is 13.9. The summed E-state index contributed by atoms with van der Waals surface area (Å²) < 4.78 is 22.7. The summed E-state index contributed by atoms with van der Waals surface area (Å²) in [6, 6.07) is 0. The van der Waals surface area contributed by atoms with Crippen molar-refractivity contribution in [3.05, 3.63) is 134 Å². The minimum atomic E-state index is -1.53. The Kier molecular flexibility index (Phi) is 46.5. The van der Waals surface area contributed by atoms with E-state index in [0.29, 0.717) is 17.4 Å². The Morgan fingerprint density at radius 1 is 0.435 bits per heavy atom. The average Bonchev–Trinajstić information content (AvgIpc) is 3.31. The van der Waals surface area contributed by atoms with Crippen molar-refractivity contribution in [2.24, 2.45) is 0 Å². The molecule has 0 spiro atoms. The number of allylic oxidation sites excluding steroid dienone is 22. The van der Waals surface area contributed by atoms with Crippen LogP contribution in [-0.4, -0.2) is 87.4 Å². The lowest BCUT2D eigenvalue weighted by molar-refractivity contribution is -0.870. The Morgan fingerprint density at radius 3 is 1.19 bits per heavy atom. The number of quaternary nitrogens is 1. The molecule has 388 valence electrons. The first-order valence-corrected chi connectivity index (χ1v) is 26.3. The topological polar surface area (TPSA) is 108 Å². The van der Waals surface area contributed by atoms with Crippen molar-refractivity contribution in [3.8, 4) is 0 Å². The standard InChI is InChI=1S/C60H95NO8/c1-6-8-10-12-14-16-18-20-22-24-25-26-27-28-29-30-31-32-33-35-37-39-41-43-45-47-49-51-58(63)69-56(55-68-60(59(64)65)66-53-52-61(3,4)5)54-67-57(62)50-48-46-44-42-40-38-36-34-23-21-19-17-15-13-11-9-7-2/h8-11,14-17,20-23,25-26,28-29,31-32,35,37,41,43,56,60H,6-7,12-13,18-19,24,27,30,33-34,36,38-40,42,44-55H2,1-5H3/p+1/b10-8-,11-9-,16-14-,17-15-,22-20-,23-21-,26-25-,29-28-,32-31-,37-35-,43-41-. The number of carbonyl (C=O) groups excluding carboxylic acids is 2. The number of ether oxygens (including phenoxy) is 4. The molecule has 0 radical (unpaired) electrons. The zero-order valence-corrected chi connectivity index (χ0v) is 43.9. The summed E-state index contributed by atoms with van der Waals surface area (Å²) in [7, 11) is 5.93.